The number of halogens is 2. The first-order valence-electron chi connectivity index (χ1n) is 13.1. The van der Waals surface area contributed by atoms with Crippen LogP contribution in [0.5, 0.6) is 5.75 Å². The van der Waals surface area contributed by atoms with Crippen molar-refractivity contribution in [1.29, 1.82) is 0 Å². The molecule has 200 valence electrons. The Morgan fingerprint density at radius 2 is 2.14 bits per heavy atom. The number of rotatable bonds is 12. The number of benzene rings is 1. The minimum atomic E-state index is -2.90. The lowest BCUT2D eigenvalue weighted by molar-refractivity contribution is -0.0229. The van der Waals surface area contributed by atoms with Crippen LogP contribution >= 0.6 is 0 Å². The summed E-state index contributed by atoms with van der Waals surface area (Å²) >= 11 is -1.11. The van der Waals surface area contributed by atoms with Crippen molar-refractivity contribution in [3.05, 3.63) is 58.6 Å². The summed E-state index contributed by atoms with van der Waals surface area (Å²) in [6, 6.07) is 7.04. The predicted octanol–water partition coefficient (Wildman–Crippen LogP) is 4.44. The molecule has 0 bridgehead atoms. The van der Waals surface area contributed by atoms with E-state index in [1.54, 1.807) is 18.2 Å². The monoisotopic (exact) mass is 532 g/mol. The molecule has 5 rings (SSSR count). The van der Waals surface area contributed by atoms with E-state index >= 15 is 0 Å². The maximum absolute atomic E-state index is 13.2. The van der Waals surface area contributed by atoms with Crippen LogP contribution in [0.1, 0.15) is 72.8 Å². The summed E-state index contributed by atoms with van der Waals surface area (Å²) in [7, 11) is 0. The number of aryl methyl sites for hydroxylation is 1. The third-order valence-corrected chi connectivity index (χ3v) is 8.65. The number of allylic oxidation sites excluding steroid dienone is 2. The molecule has 1 aromatic carbocycles. The third kappa shape index (κ3) is 6.91. The average molecular weight is 533 g/mol. The van der Waals surface area contributed by atoms with Crippen LogP contribution in [0.25, 0.3) is 0 Å². The second kappa shape index (κ2) is 11.1. The van der Waals surface area contributed by atoms with E-state index in [4.69, 9.17) is 9.84 Å². The molecule has 1 aliphatic heterocycles. The molecule has 7 nitrogen and oxygen atoms in total. The van der Waals surface area contributed by atoms with Crippen LogP contribution in [-0.2, 0) is 37.3 Å². The molecule has 1 aromatic heterocycles. The van der Waals surface area contributed by atoms with E-state index in [-0.39, 0.29) is 11.2 Å². The van der Waals surface area contributed by atoms with Gasteiger partial charge in [0.2, 0.25) is 0 Å². The highest BCUT2D eigenvalue weighted by Gasteiger charge is 2.33. The van der Waals surface area contributed by atoms with Gasteiger partial charge >= 0.3 is 0 Å². The number of ether oxygens (including phenoxy) is 1. The van der Waals surface area contributed by atoms with Crippen LogP contribution < -0.4 is 14.8 Å². The SMILES string of the molecule is CC(F)(F)COc1cccc(C/C=C2\Cc3nn(CCC4CC4)c(CN[S+]([O-])C4CCC4)c3C(=O)N2)c1. The number of carbonyl (C=O) groups excluding carboxylic acids is 1. The second-order valence-electron chi connectivity index (χ2n) is 10.5. The predicted molar refractivity (Wildman–Crippen MR) is 138 cm³/mol. The summed E-state index contributed by atoms with van der Waals surface area (Å²) < 4.78 is 49.1. The van der Waals surface area contributed by atoms with Crippen molar-refractivity contribution < 1.29 is 22.9 Å². The van der Waals surface area contributed by atoms with E-state index < -0.39 is 23.9 Å². The van der Waals surface area contributed by atoms with Gasteiger partial charge in [-0.15, -0.1) is 4.72 Å². The molecule has 0 radical (unpaired) electrons. The van der Waals surface area contributed by atoms with Gasteiger partial charge in [-0.25, -0.2) is 8.78 Å². The summed E-state index contributed by atoms with van der Waals surface area (Å²) in [4.78, 5) is 13.2. The van der Waals surface area contributed by atoms with Crippen molar-refractivity contribution in [3.63, 3.8) is 0 Å². The van der Waals surface area contributed by atoms with Gasteiger partial charge in [-0.05, 0) is 55.7 Å². The van der Waals surface area contributed by atoms with Crippen LogP contribution in [0.4, 0.5) is 8.78 Å². The molecule has 1 atom stereocenters. The fraction of sp³-hybridized carbons (Fsp3) is 0.556. The zero-order valence-corrected chi connectivity index (χ0v) is 21.9. The molecular formula is C27H34F2N4O3S. The van der Waals surface area contributed by atoms with Crippen LogP contribution in [0.3, 0.4) is 0 Å². The molecule has 2 aromatic rings. The Balaban J connectivity index is 1.28. The highest BCUT2D eigenvalue weighted by atomic mass is 32.2. The molecule has 2 saturated carbocycles. The first kappa shape index (κ1) is 26.2. The fourth-order valence-electron chi connectivity index (χ4n) is 4.63. The van der Waals surface area contributed by atoms with E-state index in [9.17, 15) is 18.1 Å². The van der Waals surface area contributed by atoms with Crippen LogP contribution in [0.2, 0.25) is 0 Å². The molecule has 3 aliphatic rings. The topological polar surface area (TPSA) is 91.2 Å². The standard InChI is InChI=1S/C27H34F2N4O3S/c1-27(28,29)17-36-21-5-2-4-19(14-21)10-11-20-15-23-25(26(34)31-20)24(16-30-37(35)22-6-3-7-22)33(32-23)13-12-18-8-9-18/h2,4-5,11,14,18,22,30H,3,6-10,12-13,15-17H2,1H3,(H,31,34)/b20-11+. The number of aromatic nitrogens is 2. The van der Waals surface area contributed by atoms with Crippen LogP contribution in [-0.4, -0.2) is 38.0 Å². The summed E-state index contributed by atoms with van der Waals surface area (Å²) in [5.41, 5.74) is 3.77. The van der Waals surface area contributed by atoms with Gasteiger partial charge in [0.1, 0.15) is 11.0 Å². The van der Waals surface area contributed by atoms with Crippen molar-refractivity contribution in [2.75, 3.05) is 6.61 Å². The summed E-state index contributed by atoms with van der Waals surface area (Å²) in [6.07, 6.45) is 9.56. The summed E-state index contributed by atoms with van der Waals surface area (Å²) in [5.74, 6) is -1.97. The molecule has 37 heavy (non-hydrogen) atoms. The van der Waals surface area contributed by atoms with Gasteiger partial charge in [-0.1, -0.05) is 31.1 Å². The Kier molecular flexibility index (Phi) is 7.88. The van der Waals surface area contributed by atoms with Gasteiger partial charge in [-0.3, -0.25) is 9.48 Å². The lowest BCUT2D eigenvalue weighted by atomic mass is 10.0. The van der Waals surface area contributed by atoms with Gasteiger partial charge < -0.3 is 14.6 Å². The second-order valence-corrected chi connectivity index (χ2v) is 12.0. The van der Waals surface area contributed by atoms with E-state index in [0.717, 1.165) is 67.7 Å². The Morgan fingerprint density at radius 1 is 1.32 bits per heavy atom. The van der Waals surface area contributed by atoms with Crippen molar-refractivity contribution in [1.82, 2.24) is 19.8 Å². The molecule has 2 heterocycles. The highest BCUT2D eigenvalue weighted by Crippen LogP contribution is 2.33. The number of hydrogen-bond donors (Lipinski definition) is 2. The fourth-order valence-corrected chi connectivity index (χ4v) is 5.90. The third-order valence-electron chi connectivity index (χ3n) is 7.15. The van der Waals surface area contributed by atoms with Gasteiger partial charge in [0, 0.05) is 36.9 Å². The van der Waals surface area contributed by atoms with E-state index in [1.165, 1.54) is 12.8 Å². The van der Waals surface area contributed by atoms with Crippen molar-refractivity contribution in [3.8, 4) is 5.75 Å². The molecule has 0 spiro atoms. The molecule has 0 saturated heterocycles. The Morgan fingerprint density at radius 3 is 2.84 bits per heavy atom. The van der Waals surface area contributed by atoms with Gasteiger partial charge in [0.15, 0.2) is 6.61 Å². The maximum atomic E-state index is 13.2. The lowest BCUT2D eigenvalue weighted by Crippen LogP contribution is -2.39. The number of fused-ring (bicyclic) bond motifs is 1. The number of nitrogens with zero attached hydrogens (tertiary/aromatic N) is 2. The van der Waals surface area contributed by atoms with E-state index in [0.29, 0.717) is 30.7 Å². The van der Waals surface area contributed by atoms with Crippen LogP contribution in [0, 0.1) is 5.92 Å². The number of alkyl halides is 2. The van der Waals surface area contributed by atoms with E-state index in [2.05, 4.69) is 10.0 Å². The number of carbonyl (C=O) groups is 1. The van der Waals surface area contributed by atoms with Gasteiger partial charge in [-0.2, -0.15) is 5.10 Å². The zero-order valence-electron chi connectivity index (χ0n) is 21.1. The Hall–Kier alpha value is -2.43. The number of hydrogen-bond acceptors (Lipinski definition) is 5. The highest BCUT2D eigenvalue weighted by molar-refractivity contribution is 7.90. The largest absolute Gasteiger partial charge is 0.598 e. The van der Waals surface area contributed by atoms with Crippen LogP contribution in [0.15, 0.2) is 36.0 Å². The zero-order chi connectivity index (χ0) is 26.0. The molecule has 1 amide bonds. The molecular weight excluding hydrogens is 498 g/mol. The van der Waals surface area contributed by atoms with Crippen molar-refractivity contribution in [2.24, 2.45) is 5.92 Å². The molecule has 10 heteroatoms. The molecule has 2 aliphatic carbocycles. The normalized spacial score (nSPS) is 19.9. The average Bonchev–Trinajstić information content (AvgIpc) is 3.57. The summed E-state index contributed by atoms with van der Waals surface area (Å²) in [5, 5.41) is 8.01. The Labute approximate surface area is 219 Å². The smallest absolute Gasteiger partial charge is 0.278 e. The number of amides is 1. The number of nitrogens with one attached hydrogen (secondary N) is 2. The maximum Gasteiger partial charge on any atom is 0.278 e. The van der Waals surface area contributed by atoms with Crippen molar-refractivity contribution >= 4 is 17.3 Å². The lowest BCUT2D eigenvalue weighted by Gasteiger charge is -2.27. The first-order valence-corrected chi connectivity index (χ1v) is 14.3. The van der Waals surface area contributed by atoms with Crippen molar-refractivity contribution in [2.45, 2.75) is 82.6 Å². The van der Waals surface area contributed by atoms with Gasteiger partial charge in [0.25, 0.3) is 11.8 Å². The molecule has 2 N–H and O–H groups in total. The minimum Gasteiger partial charge on any atom is -0.598 e. The Bertz CT molecular complexity index is 1160. The molecule has 1 unspecified atom stereocenters. The quantitative estimate of drug-likeness (QED) is 0.395. The van der Waals surface area contributed by atoms with E-state index in [1.807, 2.05) is 16.8 Å². The first-order chi connectivity index (χ1) is 17.7. The summed E-state index contributed by atoms with van der Waals surface area (Å²) in [6.45, 7) is 1.25. The molecule has 2 fully saturated rings. The van der Waals surface area contributed by atoms with Gasteiger partial charge in [0.05, 0.1) is 23.5 Å². The minimum absolute atomic E-state index is 0.196.